The Morgan fingerprint density at radius 3 is 2.00 bits per heavy atom. The van der Waals surface area contributed by atoms with Gasteiger partial charge < -0.3 is 4.55 Å². The Morgan fingerprint density at radius 2 is 1.77 bits per heavy atom. The molecule has 0 amide bonds. The first-order valence-electron chi connectivity index (χ1n) is 2.41. The van der Waals surface area contributed by atoms with E-state index in [-0.39, 0.29) is 18.9 Å². The summed E-state index contributed by atoms with van der Waals surface area (Å²) in [5.74, 6) is -4.63. The maximum absolute atomic E-state index is 11.8. The number of alkyl halides is 4. The maximum Gasteiger partial charge on any atom is 1.00 e. The van der Waals surface area contributed by atoms with Gasteiger partial charge in [-0.25, -0.2) is 17.2 Å². The van der Waals surface area contributed by atoms with E-state index >= 15 is 0 Å². The van der Waals surface area contributed by atoms with E-state index in [1.807, 2.05) is 0 Å². The SMILES string of the molecule is O=S(=O)([O-])OCC(F)(F)C(F)F.[Li+]. The summed E-state index contributed by atoms with van der Waals surface area (Å²) in [5.41, 5.74) is 0. The normalized spacial score (nSPS) is 12.8. The molecule has 0 heterocycles. The molecule has 0 rings (SSSR count). The van der Waals surface area contributed by atoms with Crippen LogP contribution in [0.25, 0.3) is 0 Å². The van der Waals surface area contributed by atoms with Crippen LogP contribution in [0.2, 0.25) is 0 Å². The van der Waals surface area contributed by atoms with Gasteiger partial charge in [0.15, 0.2) is 0 Å². The molecule has 0 aromatic heterocycles. The number of rotatable bonds is 4. The van der Waals surface area contributed by atoms with Gasteiger partial charge in [0.2, 0.25) is 10.4 Å². The molecule has 4 nitrogen and oxygen atoms in total. The summed E-state index contributed by atoms with van der Waals surface area (Å²) in [4.78, 5) is 0. The molecule has 0 radical (unpaired) electrons. The molecule has 0 saturated heterocycles. The third-order valence-electron chi connectivity index (χ3n) is 0.715. The van der Waals surface area contributed by atoms with E-state index in [4.69, 9.17) is 0 Å². The summed E-state index contributed by atoms with van der Waals surface area (Å²) < 4.78 is 77.7. The van der Waals surface area contributed by atoms with Crippen LogP contribution in [-0.4, -0.2) is 31.9 Å². The monoisotopic (exact) mass is 218 g/mol. The topological polar surface area (TPSA) is 66.4 Å². The van der Waals surface area contributed by atoms with Crippen molar-refractivity contribution in [2.45, 2.75) is 12.3 Å². The van der Waals surface area contributed by atoms with E-state index in [0.717, 1.165) is 0 Å². The fraction of sp³-hybridized carbons (Fsp3) is 1.00. The summed E-state index contributed by atoms with van der Waals surface area (Å²) in [5, 5.41) is 0. The summed E-state index contributed by atoms with van der Waals surface area (Å²) in [6, 6.07) is 0. The van der Waals surface area contributed by atoms with E-state index in [9.17, 15) is 30.5 Å². The van der Waals surface area contributed by atoms with Crippen molar-refractivity contribution in [3.63, 3.8) is 0 Å². The van der Waals surface area contributed by atoms with Crippen LogP contribution in [0.1, 0.15) is 0 Å². The molecule has 10 heteroatoms. The van der Waals surface area contributed by atoms with Crippen LogP contribution in [0.3, 0.4) is 0 Å². The zero-order valence-corrected chi connectivity index (χ0v) is 7.15. The largest absolute Gasteiger partial charge is 1.00 e. The molecule has 0 aromatic carbocycles. The van der Waals surface area contributed by atoms with E-state index < -0.39 is 29.4 Å². The Hall–Kier alpha value is 0.187. The van der Waals surface area contributed by atoms with E-state index in [1.54, 1.807) is 0 Å². The second-order valence-corrected chi connectivity index (χ2v) is 2.78. The minimum absolute atomic E-state index is 0. The molecule has 0 aliphatic carbocycles. The van der Waals surface area contributed by atoms with E-state index in [1.165, 1.54) is 0 Å². The van der Waals surface area contributed by atoms with Gasteiger partial charge >= 0.3 is 31.2 Å². The molecule has 0 saturated carbocycles. The van der Waals surface area contributed by atoms with Crippen LogP contribution in [-0.2, 0) is 14.6 Å². The van der Waals surface area contributed by atoms with Gasteiger partial charge in [0, 0.05) is 0 Å². The van der Waals surface area contributed by atoms with Crippen molar-refractivity contribution in [1.29, 1.82) is 0 Å². The molecule has 0 spiro atoms. The molecule has 74 valence electrons. The van der Waals surface area contributed by atoms with Gasteiger partial charge in [-0.3, -0.25) is 4.18 Å². The molecular formula is C3H3F4LiO4S. The number of halogens is 4. The second kappa shape index (κ2) is 5.16. The minimum atomic E-state index is -5.35. The van der Waals surface area contributed by atoms with Gasteiger partial charge in [0.1, 0.15) is 6.61 Å². The minimum Gasteiger partial charge on any atom is -0.726 e. The van der Waals surface area contributed by atoms with Crippen molar-refractivity contribution in [3.8, 4) is 0 Å². The van der Waals surface area contributed by atoms with Crippen molar-refractivity contribution in [2.24, 2.45) is 0 Å². The van der Waals surface area contributed by atoms with Gasteiger partial charge in [-0.2, -0.15) is 8.78 Å². The molecule has 0 atom stereocenters. The predicted octanol–water partition coefficient (Wildman–Crippen LogP) is -2.63. The van der Waals surface area contributed by atoms with Crippen molar-refractivity contribution in [1.82, 2.24) is 0 Å². The quantitative estimate of drug-likeness (QED) is 0.224. The Morgan fingerprint density at radius 1 is 1.38 bits per heavy atom. The molecule has 0 bridgehead atoms. The summed E-state index contributed by atoms with van der Waals surface area (Å²) in [7, 11) is -5.35. The first kappa shape index (κ1) is 15.7. The zero-order chi connectivity index (χ0) is 9.99. The van der Waals surface area contributed by atoms with Crippen LogP contribution < -0.4 is 18.9 Å². The summed E-state index contributed by atoms with van der Waals surface area (Å²) in [6.45, 7) is -2.14. The van der Waals surface area contributed by atoms with Crippen LogP contribution in [0.5, 0.6) is 0 Å². The van der Waals surface area contributed by atoms with Gasteiger partial charge in [-0.1, -0.05) is 0 Å². The molecular weight excluding hydrogens is 215 g/mol. The van der Waals surface area contributed by atoms with Crippen LogP contribution in [0, 0.1) is 0 Å². The first-order valence-corrected chi connectivity index (χ1v) is 3.75. The second-order valence-electron chi connectivity index (χ2n) is 1.73. The Bertz CT molecular complexity index is 240. The molecule has 0 N–H and O–H groups in total. The van der Waals surface area contributed by atoms with Crippen LogP contribution in [0.4, 0.5) is 17.6 Å². The van der Waals surface area contributed by atoms with Gasteiger partial charge in [-0.05, 0) is 0 Å². The van der Waals surface area contributed by atoms with Crippen molar-refractivity contribution >= 4 is 10.4 Å². The standard InChI is InChI=1S/C3H4F4O4S.Li/c4-2(5)3(6,7)1-11-12(8,9)10;/h2H,1H2,(H,8,9,10);/q;+1/p-1. The van der Waals surface area contributed by atoms with Gasteiger partial charge in [0.25, 0.3) is 0 Å². The first-order chi connectivity index (χ1) is 5.15. The molecule has 0 aliphatic rings. The van der Waals surface area contributed by atoms with E-state index in [0.29, 0.717) is 0 Å². The van der Waals surface area contributed by atoms with Crippen molar-refractivity contribution < 1.29 is 53.6 Å². The maximum atomic E-state index is 11.8. The van der Waals surface area contributed by atoms with Gasteiger partial charge in [-0.15, -0.1) is 0 Å². The van der Waals surface area contributed by atoms with Crippen molar-refractivity contribution in [2.75, 3.05) is 6.61 Å². The molecule has 13 heavy (non-hydrogen) atoms. The van der Waals surface area contributed by atoms with Crippen molar-refractivity contribution in [3.05, 3.63) is 0 Å². The molecule has 0 aromatic rings. The molecule has 0 fully saturated rings. The fourth-order valence-corrected chi connectivity index (χ4v) is 0.515. The Labute approximate surface area is 83.4 Å². The smallest absolute Gasteiger partial charge is 0.726 e. The number of hydrogen-bond acceptors (Lipinski definition) is 4. The predicted molar refractivity (Wildman–Crippen MR) is 26.6 cm³/mol. The average Bonchev–Trinajstić information content (AvgIpc) is 1.82. The number of hydrogen-bond donors (Lipinski definition) is 0. The van der Waals surface area contributed by atoms with E-state index in [2.05, 4.69) is 4.18 Å². The van der Waals surface area contributed by atoms with Crippen LogP contribution >= 0.6 is 0 Å². The Kier molecular flexibility index (Phi) is 6.22. The van der Waals surface area contributed by atoms with Gasteiger partial charge in [0.05, 0.1) is 0 Å². The third kappa shape index (κ3) is 7.27. The zero-order valence-electron chi connectivity index (χ0n) is 6.34. The molecule has 0 unspecified atom stereocenters. The Balaban J connectivity index is 0. The fourth-order valence-electron chi connectivity index (χ4n) is 0.214. The molecule has 0 aliphatic heterocycles. The summed E-state index contributed by atoms with van der Waals surface area (Å²) in [6.07, 6.45) is -4.07. The average molecular weight is 218 g/mol. The summed E-state index contributed by atoms with van der Waals surface area (Å²) >= 11 is 0. The third-order valence-corrected chi connectivity index (χ3v) is 1.12. The van der Waals surface area contributed by atoms with Crippen LogP contribution in [0.15, 0.2) is 0 Å².